The van der Waals surface area contributed by atoms with Gasteiger partial charge in [0.2, 0.25) is 5.91 Å². The number of nitrogens with zero attached hydrogens (tertiary/aromatic N) is 1. The lowest BCUT2D eigenvalue weighted by Crippen LogP contribution is -2.42. The van der Waals surface area contributed by atoms with Gasteiger partial charge in [0.15, 0.2) is 0 Å². The molecule has 0 spiro atoms. The van der Waals surface area contributed by atoms with Crippen LogP contribution in [0.15, 0.2) is 24.3 Å². The number of piperidine rings is 1. The van der Waals surface area contributed by atoms with E-state index in [1.807, 2.05) is 25.7 Å². The van der Waals surface area contributed by atoms with Gasteiger partial charge in [-0.25, -0.2) is 9.18 Å². The van der Waals surface area contributed by atoms with E-state index in [0.717, 1.165) is 12.8 Å². The Bertz CT molecular complexity index is 620. The quantitative estimate of drug-likeness (QED) is 0.870. The predicted molar refractivity (Wildman–Crippen MR) is 98.3 cm³/mol. The maximum absolute atomic E-state index is 13.6. The Morgan fingerprint density at radius 2 is 1.88 bits per heavy atom. The zero-order valence-corrected chi connectivity index (χ0v) is 15.9. The summed E-state index contributed by atoms with van der Waals surface area (Å²) in [6, 6.07) is 6.57. The summed E-state index contributed by atoms with van der Waals surface area (Å²) in [6.07, 6.45) is 2.04. The van der Waals surface area contributed by atoms with Crippen molar-refractivity contribution >= 4 is 12.0 Å². The summed E-state index contributed by atoms with van der Waals surface area (Å²) in [6.45, 7) is 7.41. The van der Waals surface area contributed by atoms with Crippen molar-refractivity contribution in [2.75, 3.05) is 19.6 Å². The fraction of sp³-hybridized carbons (Fsp3) is 0.600. The molecule has 5 nitrogen and oxygen atoms in total. The van der Waals surface area contributed by atoms with Gasteiger partial charge in [-0.2, -0.15) is 0 Å². The third kappa shape index (κ3) is 6.65. The molecule has 1 fully saturated rings. The molecule has 0 aliphatic carbocycles. The number of rotatable bonds is 5. The Balaban J connectivity index is 1.68. The molecule has 0 unspecified atom stereocenters. The number of ether oxygens (including phenoxy) is 1. The van der Waals surface area contributed by atoms with Crippen molar-refractivity contribution < 1.29 is 18.7 Å². The minimum atomic E-state index is -0.502. The van der Waals surface area contributed by atoms with Crippen molar-refractivity contribution in [1.29, 1.82) is 0 Å². The van der Waals surface area contributed by atoms with Crippen molar-refractivity contribution in [1.82, 2.24) is 10.2 Å². The average Bonchev–Trinajstić information content (AvgIpc) is 2.58. The summed E-state index contributed by atoms with van der Waals surface area (Å²) >= 11 is 0. The molecule has 1 aromatic rings. The highest BCUT2D eigenvalue weighted by molar-refractivity contribution is 5.76. The molecule has 2 rings (SSSR count). The number of aryl methyl sites for hydroxylation is 1. The van der Waals surface area contributed by atoms with Crippen LogP contribution in [0.5, 0.6) is 0 Å². The van der Waals surface area contributed by atoms with Gasteiger partial charge in [-0.05, 0) is 57.6 Å². The Labute approximate surface area is 154 Å². The lowest BCUT2D eigenvalue weighted by Gasteiger charge is -2.32. The largest absolute Gasteiger partial charge is 0.444 e. The molecule has 1 saturated heterocycles. The van der Waals surface area contributed by atoms with Gasteiger partial charge in [-0.3, -0.25) is 4.79 Å². The zero-order valence-electron chi connectivity index (χ0n) is 15.9. The SMILES string of the molecule is CC(C)(C)OC(=O)NCC1CCN(C(=O)CCc2ccccc2F)CC1. The van der Waals surface area contributed by atoms with Crippen molar-refractivity contribution in [2.45, 2.75) is 52.1 Å². The van der Waals surface area contributed by atoms with Gasteiger partial charge >= 0.3 is 6.09 Å². The molecular formula is C20H29FN2O3. The summed E-state index contributed by atoms with van der Waals surface area (Å²) in [5.41, 5.74) is 0.0789. The maximum Gasteiger partial charge on any atom is 0.407 e. The summed E-state index contributed by atoms with van der Waals surface area (Å²) in [4.78, 5) is 25.9. The fourth-order valence-electron chi connectivity index (χ4n) is 3.03. The van der Waals surface area contributed by atoms with Gasteiger partial charge in [0.1, 0.15) is 11.4 Å². The molecule has 1 aliphatic rings. The summed E-state index contributed by atoms with van der Waals surface area (Å²) in [5.74, 6) is 0.150. The Morgan fingerprint density at radius 1 is 1.23 bits per heavy atom. The highest BCUT2D eigenvalue weighted by atomic mass is 19.1. The summed E-state index contributed by atoms with van der Waals surface area (Å²) < 4.78 is 18.8. The lowest BCUT2D eigenvalue weighted by molar-refractivity contribution is -0.132. The number of carbonyl (C=O) groups excluding carboxylic acids is 2. The molecule has 0 radical (unpaired) electrons. The molecule has 1 aromatic carbocycles. The van der Waals surface area contributed by atoms with Crippen LogP contribution in [0.1, 0.15) is 45.6 Å². The van der Waals surface area contributed by atoms with Crippen LogP contribution in [-0.4, -0.2) is 42.1 Å². The van der Waals surface area contributed by atoms with E-state index in [0.29, 0.717) is 44.0 Å². The van der Waals surface area contributed by atoms with E-state index in [9.17, 15) is 14.0 Å². The first-order chi connectivity index (χ1) is 12.2. The van der Waals surface area contributed by atoms with Crippen LogP contribution in [-0.2, 0) is 16.0 Å². The molecule has 0 aromatic heterocycles. The number of halogens is 1. The average molecular weight is 364 g/mol. The van der Waals surface area contributed by atoms with Crippen molar-refractivity contribution in [2.24, 2.45) is 5.92 Å². The normalized spacial score (nSPS) is 15.6. The Hall–Kier alpha value is -2.11. The molecule has 0 atom stereocenters. The van der Waals surface area contributed by atoms with Crippen LogP contribution < -0.4 is 5.32 Å². The van der Waals surface area contributed by atoms with E-state index in [4.69, 9.17) is 4.74 Å². The number of benzene rings is 1. The molecule has 2 amide bonds. The van der Waals surface area contributed by atoms with E-state index in [-0.39, 0.29) is 11.7 Å². The second-order valence-electron chi connectivity index (χ2n) is 7.80. The number of alkyl carbamates (subject to hydrolysis) is 1. The Morgan fingerprint density at radius 3 is 2.50 bits per heavy atom. The number of amides is 2. The first-order valence-electron chi connectivity index (χ1n) is 9.22. The third-order valence-corrected chi connectivity index (χ3v) is 4.47. The van der Waals surface area contributed by atoms with Gasteiger partial charge < -0.3 is 15.0 Å². The first-order valence-corrected chi connectivity index (χ1v) is 9.22. The molecule has 1 aliphatic heterocycles. The molecular weight excluding hydrogens is 335 g/mol. The highest BCUT2D eigenvalue weighted by Gasteiger charge is 2.24. The minimum absolute atomic E-state index is 0.0619. The van der Waals surface area contributed by atoms with E-state index < -0.39 is 11.7 Å². The topological polar surface area (TPSA) is 58.6 Å². The monoisotopic (exact) mass is 364 g/mol. The van der Waals surface area contributed by atoms with Crippen LogP contribution in [0.3, 0.4) is 0 Å². The standard InChI is InChI=1S/C20H29FN2O3/c1-20(2,3)26-19(25)22-14-15-10-12-23(13-11-15)18(24)9-8-16-6-4-5-7-17(16)21/h4-7,15H,8-14H2,1-3H3,(H,22,25). The number of hydrogen-bond donors (Lipinski definition) is 1. The molecule has 1 heterocycles. The first kappa shape index (κ1) is 20.2. The van der Waals surface area contributed by atoms with Crippen molar-refractivity contribution in [3.63, 3.8) is 0 Å². The second-order valence-corrected chi connectivity index (χ2v) is 7.80. The second kappa shape index (κ2) is 9.01. The lowest BCUT2D eigenvalue weighted by atomic mass is 9.96. The van der Waals surface area contributed by atoms with Crippen molar-refractivity contribution in [3.05, 3.63) is 35.6 Å². The summed E-state index contributed by atoms with van der Waals surface area (Å²) in [7, 11) is 0. The van der Waals surface area contributed by atoms with Gasteiger partial charge in [-0.15, -0.1) is 0 Å². The van der Waals surface area contributed by atoms with Crippen LogP contribution in [0.4, 0.5) is 9.18 Å². The molecule has 1 N–H and O–H groups in total. The minimum Gasteiger partial charge on any atom is -0.444 e. The molecule has 26 heavy (non-hydrogen) atoms. The number of nitrogens with one attached hydrogen (secondary N) is 1. The van der Waals surface area contributed by atoms with E-state index in [2.05, 4.69) is 5.32 Å². The zero-order chi connectivity index (χ0) is 19.2. The molecule has 6 heteroatoms. The van der Waals surface area contributed by atoms with E-state index in [1.54, 1.807) is 18.2 Å². The van der Waals surface area contributed by atoms with Crippen LogP contribution in [0, 0.1) is 11.7 Å². The molecule has 144 valence electrons. The predicted octanol–water partition coefficient (Wildman–Crippen LogP) is 3.52. The van der Waals surface area contributed by atoms with Crippen molar-refractivity contribution in [3.8, 4) is 0 Å². The number of carbonyl (C=O) groups is 2. The number of hydrogen-bond acceptors (Lipinski definition) is 3. The molecule has 0 bridgehead atoms. The third-order valence-electron chi connectivity index (χ3n) is 4.47. The highest BCUT2D eigenvalue weighted by Crippen LogP contribution is 2.18. The number of likely N-dealkylation sites (tertiary alicyclic amines) is 1. The van der Waals surface area contributed by atoms with Gasteiger partial charge in [0.05, 0.1) is 0 Å². The van der Waals surface area contributed by atoms with Gasteiger partial charge in [-0.1, -0.05) is 18.2 Å². The maximum atomic E-state index is 13.6. The summed E-state index contributed by atoms with van der Waals surface area (Å²) in [5, 5.41) is 2.80. The molecule has 0 saturated carbocycles. The van der Waals surface area contributed by atoms with Gasteiger partial charge in [0, 0.05) is 26.1 Å². The van der Waals surface area contributed by atoms with Crippen LogP contribution in [0.2, 0.25) is 0 Å². The van der Waals surface area contributed by atoms with Crippen LogP contribution >= 0.6 is 0 Å². The smallest absolute Gasteiger partial charge is 0.407 e. The van der Waals surface area contributed by atoms with E-state index >= 15 is 0 Å². The fourth-order valence-corrected chi connectivity index (χ4v) is 3.03. The Kier molecular flexibility index (Phi) is 7.00. The van der Waals surface area contributed by atoms with E-state index in [1.165, 1.54) is 6.07 Å². The van der Waals surface area contributed by atoms with Gasteiger partial charge in [0.25, 0.3) is 0 Å². The van der Waals surface area contributed by atoms with Crippen LogP contribution in [0.25, 0.3) is 0 Å².